The number of allylic oxidation sites excluding steroid dienone is 2. The van der Waals surface area contributed by atoms with Gasteiger partial charge in [-0.25, -0.2) is 4.79 Å². The standard InChI is InChI=1S/C31H48O4/c1-20(2)23-11-12-25-29(6)15-13-24(21(3)9-8-10-22(4)27(34)35-7)28(29,5)17-18-31(25)19-30(23,31)16-14-26(32)33/h10,21,23-25H,1,8-9,11-19H2,2-7H3,(H,32,33)/b22-10-/t21-,23+,24-,25+,28-,29+,30-,31+/m1/s1. The number of methoxy groups -OCH3 is 1. The van der Waals surface area contributed by atoms with Gasteiger partial charge in [0.2, 0.25) is 0 Å². The summed E-state index contributed by atoms with van der Waals surface area (Å²) >= 11 is 0. The molecule has 4 saturated carbocycles. The third-order valence-electron chi connectivity index (χ3n) is 12.2. The Morgan fingerprint density at radius 1 is 1.11 bits per heavy atom. The number of hydrogen-bond donors (Lipinski definition) is 1. The van der Waals surface area contributed by atoms with Gasteiger partial charge in [0.15, 0.2) is 0 Å². The predicted molar refractivity (Wildman–Crippen MR) is 140 cm³/mol. The SMILES string of the molecule is C=C(C)[C@@H]1CC[C@@H]2[C@]3(CC[C@]4(C)[C@@H]([C@H](C)CC/C=C(/C)C(=O)OC)CC[C@@]24C)C[C@]13CCC(=O)O. The molecule has 0 unspecified atom stereocenters. The molecule has 0 radical (unpaired) electrons. The highest BCUT2D eigenvalue weighted by Crippen LogP contribution is 2.87. The van der Waals surface area contributed by atoms with Crippen molar-refractivity contribution in [3.05, 3.63) is 23.8 Å². The van der Waals surface area contributed by atoms with E-state index in [1.165, 1.54) is 57.6 Å². The lowest BCUT2D eigenvalue weighted by molar-refractivity contribution is -0.139. The zero-order valence-electron chi connectivity index (χ0n) is 23.0. The quantitative estimate of drug-likeness (QED) is 0.208. The highest BCUT2D eigenvalue weighted by Gasteiger charge is 2.80. The Labute approximate surface area is 213 Å². The van der Waals surface area contributed by atoms with E-state index in [9.17, 15) is 14.7 Å². The number of carboxylic acids is 1. The molecule has 0 aromatic carbocycles. The van der Waals surface area contributed by atoms with Crippen LogP contribution < -0.4 is 0 Å². The van der Waals surface area contributed by atoms with Crippen molar-refractivity contribution in [3.8, 4) is 0 Å². The van der Waals surface area contributed by atoms with Gasteiger partial charge in [0.1, 0.15) is 0 Å². The summed E-state index contributed by atoms with van der Waals surface area (Å²) in [6, 6.07) is 0. The Morgan fingerprint density at radius 2 is 1.83 bits per heavy atom. The molecule has 0 aromatic heterocycles. The van der Waals surface area contributed by atoms with Crippen LogP contribution in [-0.4, -0.2) is 24.2 Å². The van der Waals surface area contributed by atoms with Crippen molar-refractivity contribution < 1.29 is 19.4 Å². The fraction of sp³-hybridized carbons (Fsp3) is 0.806. The van der Waals surface area contributed by atoms with Crippen LogP contribution in [0.2, 0.25) is 0 Å². The number of carbonyl (C=O) groups is 2. The molecule has 4 fully saturated rings. The van der Waals surface area contributed by atoms with Gasteiger partial charge in [-0.3, -0.25) is 4.79 Å². The van der Waals surface area contributed by atoms with E-state index in [-0.39, 0.29) is 11.4 Å². The van der Waals surface area contributed by atoms with Gasteiger partial charge in [0, 0.05) is 12.0 Å². The first kappa shape index (κ1) is 26.5. The molecule has 4 aliphatic rings. The highest BCUT2D eigenvalue weighted by atomic mass is 16.5. The predicted octanol–water partition coefficient (Wildman–Crippen LogP) is 7.58. The number of hydrogen-bond acceptors (Lipinski definition) is 3. The van der Waals surface area contributed by atoms with Crippen molar-refractivity contribution in [3.63, 3.8) is 0 Å². The number of carboxylic acid groups (broad SMARTS) is 1. The average Bonchev–Trinajstić information content (AvgIpc) is 3.40. The van der Waals surface area contributed by atoms with Gasteiger partial charge >= 0.3 is 11.9 Å². The first-order chi connectivity index (χ1) is 16.4. The van der Waals surface area contributed by atoms with Crippen molar-refractivity contribution >= 4 is 11.9 Å². The van der Waals surface area contributed by atoms with E-state index >= 15 is 0 Å². The van der Waals surface area contributed by atoms with E-state index in [1.807, 2.05) is 6.92 Å². The highest BCUT2D eigenvalue weighted by molar-refractivity contribution is 5.87. The Bertz CT molecular complexity index is 919. The van der Waals surface area contributed by atoms with Crippen molar-refractivity contribution in [1.29, 1.82) is 0 Å². The maximum atomic E-state index is 11.7. The van der Waals surface area contributed by atoms with Gasteiger partial charge in [0.05, 0.1) is 7.11 Å². The second-order valence-electron chi connectivity index (χ2n) is 13.3. The maximum Gasteiger partial charge on any atom is 0.333 e. The second-order valence-corrected chi connectivity index (χ2v) is 13.3. The van der Waals surface area contributed by atoms with Crippen LogP contribution in [0.25, 0.3) is 0 Å². The lowest BCUT2D eigenvalue weighted by atomic mass is 9.43. The summed E-state index contributed by atoms with van der Waals surface area (Å²) < 4.78 is 4.85. The van der Waals surface area contributed by atoms with Gasteiger partial charge in [0.25, 0.3) is 0 Å². The average molecular weight is 485 g/mol. The molecule has 0 aromatic rings. The van der Waals surface area contributed by atoms with Crippen molar-refractivity contribution in [2.24, 2.45) is 45.3 Å². The molecule has 8 atom stereocenters. The van der Waals surface area contributed by atoms with Gasteiger partial charge in [-0.15, -0.1) is 0 Å². The van der Waals surface area contributed by atoms with Crippen LogP contribution >= 0.6 is 0 Å². The molecule has 4 nitrogen and oxygen atoms in total. The first-order valence-electron chi connectivity index (χ1n) is 14.0. The number of rotatable bonds is 9. The van der Waals surface area contributed by atoms with Crippen LogP contribution in [0.15, 0.2) is 23.8 Å². The summed E-state index contributed by atoms with van der Waals surface area (Å²) in [6.07, 6.45) is 14.0. The number of esters is 1. The van der Waals surface area contributed by atoms with Crippen molar-refractivity contribution in [2.45, 2.75) is 105 Å². The largest absolute Gasteiger partial charge is 0.481 e. The molecule has 35 heavy (non-hydrogen) atoms. The van der Waals surface area contributed by atoms with Gasteiger partial charge in [-0.1, -0.05) is 39.0 Å². The zero-order chi connectivity index (χ0) is 25.8. The molecular weight excluding hydrogens is 436 g/mol. The summed E-state index contributed by atoms with van der Waals surface area (Å²) in [6.45, 7) is 16.0. The van der Waals surface area contributed by atoms with Gasteiger partial charge < -0.3 is 9.84 Å². The van der Waals surface area contributed by atoms with E-state index in [1.54, 1.807) is 0 Å². The summed E-state index contributed by atoms with van der Waals surface area (Å²) in [7, 11) is 1.44. The number of aliphatic carboxylic acids is 1. The van der Waals surface area contributed by atoms with Crippen LogP contribution in [0.3, 0.4) is 0 Å². The van der Waals surface area contributed by atoms with Crippen molar-refractivity contribution in [1.82, 2.24) is 0 Å². The Kier molecular flexibility index (Phi) is 6.86. The fourth-order valence-corrected chi connectivity index (χ4v) is 10.3. The van der Waals surface area contributed by atoms with E-state index in [0.717, 1.165) is 19.3 Å². The molecule has 196 valence electrons. The third-order valence-corrected chi connectivity index (χ3v) is 12.2. The summed E-state index contributed by atoms with van der Waals surface area (Å²) in [4.78, 5) is 23.3. The molecule has 0 bridgehead atoms. The fourth-order valence-electron chi connectivity index (χ4n) is 10.3. The van der Waals surface area contributed by atoms with E-state index in [4.69, 9.17) is 4.74 Å². The maximum absolute atomic E-state index is 11.7. The molecule has 4 heteroatoms. The van der Waals surface area contributed by atoms with E-state index < -0.39 is 5.97 Å². The molecule has 0 saturated heterocycles. The minimum atomic E-state index is -0.651. The van der Waals surface area contributed by atoms with E-state index in [0.29, 0.717) is 51.9 Å². The third kappa shape index (κ3) is 3.84. The minimum absolute atomic E-state index is 0.171. The zero-order valence-corrected chi connectivity index (χ0v) is 23.0. The lowest BCUT2D eigenvalue weighted by Crippen LogP contribution is -2.54. The molecular formula is C31H48O4. The summed E-state index contributed by atoms with van der Waals surface area (Å²) in [5, 5.41) is 9.53. The van der Waals surface area contributed by atoms with Crippen LogP contribution in [0.1, 0.15) is 105 Å². The molecule has 1 spiro atoms. The molecule has 0 heterocycles. The Balaban J connectivity index is 1.54. The Morgan fingerprint density at radius 3 is 2.46 bits per heavy atom. The van der Waals surface area contributed by atoms with Crippen LogP contribution in [0.4, 0.5) is 0 Å². The Hall–Kier alpha value is -1.58. The number of carbonyl (C=O) groups excluding carboxylic acids is 1. The van der Waals surface area contributed by atoms with Gasteiger partial charge in [-0.05, 0) is 123 Å². The summed E-state index contributed by atoms with van der Waals surface area (Å²) in [5.74, 6) is 1.66. The van der Waals surface area contributed by atoms with Crippen LogP contribution in [-0.2, 0) is 14.3 Å². The number of ether oxygens (including phenoxy) is 1. The van der Waals surface area contributed by atoms with E-state index in [2.05, 4.69) is 40.3 Å². The summed E-state index contributed by atoms with van der Waals surface area (Å²) in [5.41, 5.74) is 3.15. The second kappa shape index (κ2) is 9.06. The van der Waals surface area contributed by atoms with Crippen LogP contribution in [0.5, 0.6) is 0 Å². The topological polar surface area (TPSA) is 63.6 Å². The van der Waals surface area contributed by atoms with Crippen LogP contribution in [0, 0.1) is 45.3 Å². The normalized spacial score (nSPS) is 42.9. The lowest BCUT2D eigenvalue weighted by Gasteiger charge is -2.61. The molecule has 4 aliphatic carbocycles. The van der Waals surface area contributed by atoms with Crippen molar-refractivity contribution in [2.75, 3.05) is 7.11 Å². The minimum Gasteiger partial charge on any atom is -0.481 e. The molecule has 4 rings (SSSR count). The van der Waals surface area contributed by atoms with Gasteiger partial charge in [-0.2, -0.15) is 0 Å². The first-order valence-corrected chi connectivity index (χ1v) is 14.0. The molecule has 0 aliphatic heterocycles. The molecule has 0 amide bonds. The smallest absolute Gasteiger partial charge is 0.333 e. The monoisotopic (exact) mass is 484 g/mol. The number of fused-ring (bicyclic) bond motifs is 2. The molecule has 1 N–H and O–H groups in total.